The number of likely N-dealkylation sites (tertiary alicyclic amines) is 1. The summed E-state index contributed by atoms with van der Waals surface area (Å²) in [6, 6.07) is 8.70. The summed E-state index contributed by atoms with van der Waals surface area (Å²) in [6.07, 6.45) is 8.06. The van der Waals surface area contributed by atoms with E-state index in [4.69, 9.17) is 0 Å². The molecule has 0 aromatic heterocycles. The SMILES string of the molecule is O=C(CNCC1CC1)NCc1ccc(CN2CCCCCC2)cc1. The molecule has 132 valence electrons. The van der Waals surface area contributed by atoms with Crippen molar-refractivity contribution in [3.8, 4) is 0 Å². The highest BCUT2D eigenvalue weighted by Crippen LogP contribution is 2.27. The van der Waals surface area contributed by atoms with Gasteiger partial charge in [0.1, 0.15) is 0 Å². The minimum atomic E-state index is 0.0873. The quantitative estimate of drug-likeness (QED) is 0.771. The molecule has 2 fully saturated rings. The van der Waals surface area contributed by atoms with Gasteiger partial charge in [0.15, 0.2) is 0 Å². The largest absolute Gasteiger partial charge is 0.351 e. The summed E-state index contributed by atoms with van der Waals surface area (Å²) in [5.74, 6) is 0.902. The van der Waals surface area contributed by atoms with Crippen molar-refractivity contribution in [3.63, 3.8) is 0 Å². The van der Waals surface area contributed by atoms with E-state index >= 15 is 0 Å². The van der Waals surface area contributed by atoms with Gasteiger partial charge >= 0.3 is 0 Å². The summed E-state index contributed by atoms with van der Waals surface area (Å²) in [4.78, 5) is 14.4. The summed E-state index contributed by atoms with van der Waals surface area (Å²) < 4.78 is 0. The maximum atomic E-state index is 11.8. The first-order valence-electron chi connectivity index (χ1n) is 9.57. The Morgan fingerprint density at radius 2 is 1.67 bits per heavy atom. The van der Waals surface area contributed by atoms with E-state index in [-0.39, 0.29) is 5.91 Å². The van der Waals surface area contributed by atoms with Gasteiger partial charge < -0.3 is 10.6 Å². The second kappa shape index (κ2) is 9.19. The minimum Gasteiger partial charge on any atom is -0.351 e. The number of hydrogen-bond donors (Lipinski definition) is 2. The molecule has 1 saturated heterocycles. The Bertz CT molecular complexity index is 502. The third kappa shape index (κ3) is 6.25. The molecule has 0 unspecified atom stereocenters. The van der Waals surface area contributed by atoms with E-state index < -0.39 is 0 Å². The molecule has 1 aliphatic carbocycles. The van der Waals surface area contributed by atoms with E-state index in [0.717, 1.165) is 19.0 Å². The smallest absolute Gasteiger partial charge is 0.234 e. The average Bonchev–Trinajstić information content (AvgIpc) is 3.42. The maximum absolute atomic E-state index is 11.8. The Morgan fingerprint density at radius 1 is 1.00 bits per heavy atom. The molecule has 1 aliphatic heterocycles. The van der Waals surface area contributed by atoms with Crippen LogP contribution in [0.5, 0.6) is 0 Å². The van der Waals surface area contributed by atoms with E-state index in [9.17, 15) is 4.79 Å². The van der Waals surface area contributed by atoms with Crippen LogP contribution in [0, 0.1) is 5.92 Å². The normalized spacial score (nSPS) is 19.0. The highest BCUT2D eigenvalue weighted by atomic mass is 16.1. The van der Waals surface area contributed by atoms with Crippen molar-refractivity contribution in [2.45, 2.75) is 51.6 Å². The Kier molecular flexibility index (Phi) is 6.67. The van der Waals surface area contributed by atoms with Crippen molar-refractivity contribution in [1.82, 2.24) is 15.5 Å². The predicted octanol–water partition coefficient (Wildman–Crippen LogP) is 2.68. The monoisotopic (exact) mass is 329 g/mol. The second-order valence-electron chi connectivity index (χ2n) is 7.36. The summed E-state index contributed by atoms with van der Waals surface area (Å²) in [5.41, 5.74) is 2.54. The fourth-order valence-corrected chi connectivity index (χ4v) is 3.29. The highest BCUT2D eigenvalue weighted by Gasteiger charge is 2.20. The van der Waals surface area contributed by atoms with Gasteiger partial charge in [0.2, 0.25) is 5.91 Å². The third-order valence-corrected chi connectivity index (χ3v) is 5.03. The second-order valence-corrected chi connectivity index (χ2v) is 7.36. The van der Waals surface area contributed by atoms with E-state index in [1.165, 1.54) is 62.7 Å². The zero-order valence-electron chi connectivity index (χ0n) is 14.7. The highest BCUT2D eigenvalue weighted by molar-refractivity contribution is 5.77. The summed E-state index contributed by atoms with van der Waals surface area (Å²) in [6.45, 7) is 5.55. The lowest BCUT2D eigenvalue weighted by Gasteiger charge is -2.19. The molecule has 24 heavy (non-hydrogen) atoms. The average molecular weight is 329 g/mol. The van der Waals surface area contributed by atoms with Crippen molar-refractivity contribution in [1.29, 1.82) is 0 Å². The molecule has 2 aliphatic rings. The fourth-order valence-electron chi connectivity index (χ4n) is 3.29. The van der Waals surface area contributed by atoms with E-state index in [2.05, 4.69) is 39.8 Å². The van der Waals surface area contributed by atoms with Crippen molar-refractivity contribution in [3.05, 3.63) is 35.4 Å². The molecule has 1 aromatic carbocycles. The third-order valence-electron chi connectivity index (χ3n) is 5.03. The standard InChI is InChI=1S/C20H31N3O/c24-20(15-21-13-17-5-6-17)22-14-18-7-9-19(10-8-18)16-23-11-3-1-2-4-12-23/h7-10,17,21H,1-6,11-16H2,(H,22,24). The molecule has 3 rings (SSSR count). The fraction of sp³-hybridized carbons (Fsp3) is 0.650. The first-order chi connectivity index (χ1) is 11.8. The lowest BCUT2D eigenvalue weighted by molar-refractivity contribution is -0.120. The van der Waals surface area contributed by atoms with Gasteiger partial charge in [0.25, 0.3) is 0 Å². The van der Waals surface area contributed by atoms with E-state index in [1.807, 2.05) is 0 Å². The Balaban J connectivity index is 1.36. The number of nitrogens with one attached hydrogen (secondary N) is 2. The topological polar surface area (TPSA) is 44.4 Å². The molecule has 1 heterocycles. The molecule has 4 nitrogen and oxygen atoms in total. The lowest BCUT2D eigenvalue weighted by atomic mass is 10.1. The number of amides is 1. The molecule has 0 bridgehead atoms. The Morgan fingerprint density at radius 3 is 2.33 bits per heavy atom. The van der Waals surface area contributed by atoms with Crippen LogP contribution in [0.25, 0.3) is 0 Å². The summed E-state index contributed by atoms with van der Waals surface area (Å²) in [7, 11) is 0. The van der Waals surface area contributed by atoms with Crippen LogP contribution in [0.15, 0.2) is 24.3 Å². The molecule has 1 aromatic rings. The first-order valence-corrected chi connectivity index (χ1v) is 9.57. The molecular formula is C20H31N3O. The zero-order chi connectivity index (χ0) is 16.6. The van der Waals surface area contributed by atoms with Crippen molar-refractivity contribution in [2.75, 3.05) is 26.2 Å². The maximum Gasteiger partial charge on any atom is 0.234 e. The molecule has 0 atom stereocenters. The molecule has 1 saturated carbocycles. The van der Waals surface area contributed by atoms with Crippen LogP contribution in [0.1, 0.15) is 49.7 Å². The Labute approximate surface area is 146 Å². The van der Waals surface area contributed by atoms with Crippen molar-refractivity contribution >= 4 is 5.91 Å². The molecule has 1 amide bonds. The van der Waals surface area contributed by atoms with Crippen LogP contribution in [-0.2, 0) is 17.9 Å². The molecular weight excluding hydrogens is 298 g/mol. The van der Waals surface area contributed by atoms with Gasteiger partial charge in [-0.2, -0.15) is 0 Å². The first kappa shape index (κ1) is 17.4. The van der Waals surface area contributed by atoms with Crippen LogP contribution in [-0.4, -0.2) is 37.0 Å². The van der Waals surface area contributed by atoms with Gasteiger partial charge in [-0.25, -0.2) is 0 Å². The molecule has 0 radical (unpaired) electrons. The summed E-state index contributed by atoms with van der Waals surface area (Å²) >= 11 is 0. The Hall–Kier alpha value is -1.39. The minimum absolute atomic E-state index is 0.0873. The number of carbonyl (C=O) groups is 1. The number of rotatable bonds is 8. The van der Waals surface area contributed by atoms with Gasteiger partial charge in [-0.1, -0.05) is 37.1 Å². The number of hydrogen-bond acceptors (Lipinski definition) is 3. The predicted molar refractivity (Wildman–Crippen MR) is 97.6 cm³/mol. The lowest BCUT2D eigenvalue weighted by Crippen LogP contribution is -2.34. The number of nitrogens with zero attached hydrogens (tertiary/aromatic N) is 1. The van der Waals surface area contributed by atoms with Crippen LogP contribution in [0.4, 0.5) is 0 Å². The van der Waals surface area contributed by atoms with Crippen molar-refractivity contribution in [2.24, 2.45) is 5.92 Å². The number of benzene rings is 1. The van der Waals surface area contributed by atoms with E-state index in [0.29, 0.717) is 13.1 Å². The summed E-state index contributed by atoms with van der Waals surface area (Å²) in [5, 5.41) is 6.22. The van der Waals surface area contributed by atoms with Crippen LogP contribution in [0.2, 0.25) is 0 Å². The van der Waals surface area contributed by atoms with Gasteiger partial charge in [0, 0.05) is 13.1 Å². The van der Waals surface area contributed by atoms with Gasteiger partial charge in [-0.15, -0.1) is 0 Å². The van der Waals surface area contributed by atoms with Gasteiger partial charge in [-0.05, 0) is 62.4 Å². The van der Waals surface area contributed by atoms with Crippen molar-refractivity contribution < 1.29 is 4.79 Å². The van der Waals surface area contributed by atoms with E-state index in [1.54, 1.807) is 0 Å². The van der Waals surface area contributed by atoms with Crippen LogP contribution >= 0.6 is 0 Å². The van der Waals surface area contributed by atoms with Gasteiger partial charge in [0.05, 0.1) is 6.54 Å². The number of carbonyl (C=O) groups excluding carboxylic acids is 1. The molecule has 2 N–H and O–H groups in total. The van der Waals surface area contributed by atoms with Crippen LogP contribution < -0.4 is 10.6 Å². The zero-order valence-corrected chi connectivity index (χ0v) is 14.7. The van der Waals surface area contributed by atoms with Gasteiger partial charge in [-0.3, -0.25) is 9.69 Å². The molecule has 0 spiro atoms. The molecule has 4 heteroatoms. The van der Waals surface area contributed by atoms with Crippen LogP contribution in [0.3, 0.4) is 0 Å².